The molecular formula is C22H23FN2O2. The standard InChI is InChI=1S/C22H23FN2O2/c1-22(11-12-27-2,14-16-7-4-3-5-8-16)25-21(26)18-13-17-9-6-10-19(23)20(17)24-15-18/h3-10,13,15H,11-12,14H2,1-2H3,(H,25,26). The number of halogens is 1. The van der Waals surface area contributed by atoms with Crippen molar-refractivity contribution in [1.29, 1.82) is 0 Å². The van der Waals surface area contributed by atoms with E-state index in [0.717, 1.165) is 5.56 Å². The number of ether oxygens (including phenoxy) is 1. The first-order chi connectivity index (χ1) is 13.0. The number of nitrogens with one attached hydrogen (secondary N) is 1. The van der Waals surface area contributed by atoms with E-state index in [1.54, 1.807) is 25.3 Å². The minimum atomic E-state index is -0.481. The molecule has 1 atom stereocenters. The molecule has 0 aliphatic rings. The summed E-state index contributed by atoms with van der Waals surface area (Å²) in [6, 6.07) is 16.4. The van der Waals surface area contributed by atoms with Crippen molar-refractivity contribution in [1.82, 2.24) is 10.3 Å². The van der Waals surface area contributed by atoms with Crippen molar-refractivity contribution < 1.29 is 13.9 Å². The third kappa shape index (κ3) is 4.68. The first kappa shape index (κ1) is 19.0. The maximum atomic E-state index is 13.8. The van der Waals surface area contributed by atoms with Crippen molar-refractivity contribution in [3.05, 3.63) is 77.7 Å². The van der Waals surface area contributed by atoms with E-state index in [2.05, 4.69) is 10.3 Å². The lowest BCUT2D eigenvalue weighted by molar-refractivity contribution is 0.0875. The van der Waals surface area contributed by atoms with E-state index in [4.69, 9.17) is 4.74 Å². The SMILES string of the molecule is COCCC(C)(Cc1ccccc1)NC(=O)c1cnc2c(F)cccc2c1. The number of rotatable bonds is 7. The van der Waals surface area contributed by atoms with E-state index in [9.17, 15) is 9.18 Å². The Labute approximate surface area is 158 Å². The Morgan fingerprint density at radius 2 is 1.96 bits per heavy atom. The number of aromatic nitrogens is 1. The lowest BCUT2D eigenvalue weighted by Gasteiger charge is -2.31. The highest BCUT2D eigenvalue weighted by atomic mass is 19.1. The fourth-order valence-electron chi connectivity index (χ4n) is 3.16. The monoisotopic (exact) mass is 366 g/mol. The Morgan fingerprint density at radius 3 is 2.70 bits per heavy atom. The smallest absolute Gasteiger partial charge is 0.253 e. The molecule has 3 rings (SSSR count). The summed E-state index contributed by atoms with van der Waals surface area (Å²) in [5.41, 5.74) is 1.33. The summed E-state index contributed by atoms with van der Waals surface area (Å²) in [4.78, 5) is 17.0. The number of hydrogen-bond acceptors (Lipinski definition) is 3. The molecule has 1 amide bonds. The summed E-state index contributed by atoms with van der Waals surface area (Å²) in [7, 11) is 1.65. The van der Waals surface area contributed by atoms with E-state index in [-0.39, 0.29) is 11.4 Å². The summed E-state index contributed by atoms with van der Waals surface area (Å²) in [6.07, 6.45) is 2.76. The van der Waals surface area contributed by atoms with Crippen LogP contribution in [0.1, 0.15) is 29.3 Å². The Balaban J connectivity index is 1.83. The first-order valence-corrected chi connectivity index (χ1v) is 8.90. The van der Waals surface area contributed by atoms with Crippen molar-refractivity contribution in [3.8, 4) is 0 Å². The van der Waals surface area contributed by atoms with E-state index in [1.807, 2.05) is 37.3 Å². The molecule has 5 heteroatoms. The van der Waals surface area contributed by atoms with Gasteiger partial charge < -0.3 is 10.1 Å². The van der Waals surface area contributed by atoms with Crippen molar-refractivity contribution in [3.63, 3.8) is 0 Å². The summed E-state index contributed by atoms with van der Waals surface area (Å²) in [6.45, 7) is 2.54. The molecule has 2 aromatic carbocycles. The Morgan fingerprint density at radius 1 is 1.19 bits per heavy atom. The van der Waals surface area contributed by atoms with Gasteiger partial charge in [-0.1, -0.05) is 42.5 Å². The second-order valence-corrected chi connectivity index (χ2v) is 6.96. The third-order valence-electron chi connectivity index (χ3n) is 4.63. The first-order valence-electron chi connectivity index (χ1n) is 8.90. The van der Waals surface area contributed by atoms with Crippen LogP contribution in [0.4, 0.5) is 4.39 Å². The number of para-hydroxylation sites is 1. The minimum absolute atomic E-state index is 0.233. The van der Waals surface area contributed by atoms with Crippen LogP contribution in [0, 0.1) is 5.82 Å². The van der Waals surface area contributed by atoms with Gasteiger partial charge in [-0.2, -0.15) is 0 Å². The number of hydrogen-bond donors (Lipinski definition) is 1. The number of carbonyl (C=O) groups is 1. The van der Waals surface area contributed by atoms with Gasteiger partial charge in [0.05, 0.1) is 5.56 Å². The molecular weight excluding hydrogens is 343 g/mol. The number of nitrogens with zero attached hydrogens (tertiary/aromatic N) is 1. The maximum absolute atomic E-state index is 13.8. The Kier molecular flexibility index (Phi) is 5.81. The van der Waals surface area contributed by atoms with Crippen LogP contribution >= 0.6 is 0 Å². The van der Waals surface area contributed by atoms with Crippen LogP contribution < -0.4 is 5.32 Å². The molecule has 3 aromatic rings. The Bertz CT molecular complexity index is 930. The zero-order valence-electron chi connectivity index (χ0n) is 15.5. The second-order valence-electron chi connectivity index (χ2n) is 6.96. The zero-order chi connectivity index (χ0) is 19.3. The summed E-state index contributed by atoms with van der Waals surface area (Å²) >= 11 is 0. The molecule has 0 bridgehead atoms. The molecule has 0 radical (unpaired) electrons. The van der Waals surface area contributed by atoms with Crippen LogP contribution in [-0.2, 0) is 11.2 Å². The van der Waals surface area contributed by atoms with Gasteiger partial charge in [0.25, 0.3) is 5.91 Å². The van der Waals surface area contributed by atoms with Crippen molar-refractivity contribution in [2.24, 2.45) is 0 Å². The average Bonchev–Trinajstić information content (AvgIpc) is 2.67. The average molecular weight is 366 g/mol. The molecule has 1 unspecified atom stereocenters. The minimum Gasteiger partial charge on any atom is -0.385 e. The van der Waals surface area contributed by atoms with E-state index >= 15 is 0 Å². The van der Waals surface area contributed by atoms with Crippen molar-refractivity contribution in [2.45, 2.75) is 25.3 Å². The van der Waals surface area contributed by atoms with E-state index < -0.39 is 11.4 Å². The Hall–Kier alpha value is -2.79. The van der Waals surface area contributed by atoms with Gasteiger partial charge in [0.1, 0.15) is 11.3 Å². The molecule has 0 aliphatic heterocycles. The van der Waals surface area contributed by atoms with Crippen molar-refractivity contribution >= 4 is 16.8 Å². The molecule has 0 spiro atoms. The third-order valence-corrected chi connectivity index (χ3v) is 4.63. The molecule has 1 N–H and O–H groups in total. The van der Waals surface area contributed by atoms with Crippen LogP contribution in [0.2, 0.25) is 0 Å². The lowest BCUT2D eigenvalue weighted by Crippen LogP contribution is -2.48. The van der Waals surface area contributed by atoms with Gasteiger partial charge in [0.2, 0.25) is 0 Å². The van der Waals surface area contributed by atoms with Gasteiger partial charge in [0.15, 0.2) is 0 Å². The second kappa shape index (κ2) is 8.27. The van der Waals surface area contributed by atoms with Crippen molar-refractivity contribution in [2.75, 3.05) is 13.7 Å². The molecule has 1 heterocycles. The highest BCUT2D eigenvalue weighted by molar-refractivity contribution is 5.97. The summed E-state index contributed by atoms with van der Waals surface area (Å²) < 4.78 is 19.0. The number of methoxy groups -OCH3 is 1. The highest BCUT2D eigenvalue weighted by Crippen LogP contribution is 2.20. The maximum Gasteiger partial charge on any atom is 0.253 e. The molecule has 0 fully saturated rings. The quantitative estimate of drug-likeness (QED) is 0.684. The number of amides is 1. The van der Waals surface area contributed by atoms with Gasteiger partial charge in [-0.05, 0) is 37.5 Å². The van der Waals surface area contributed by atoms with Crippen LogP contribution in [0.3, 0.4) is 0 Å². The number of carbonyl (C=O) groups excluding carboxylic acids is 1. The molecule has 1 aromatic heterocycles. The summed E-state index contributed by atoms with van der Waals surface area (Å²) in [5, 5.41) is 3.72. The fourth-order valence-corrected chi connectivity index (χ4v) is 3.16. The predicted molar refractivity (Wildman–Crippen MR) is 104 cm³/mol. The van der Waals surface area contributed by atoms with Crippen LogP contribution in [-0.4, -0.2) is 30.1 Å². The van der Waals surface area contributed by atoms with Crippen LogP contribution in [0.5, 0.6) is 0 Å². The normalized spacial score (nSPS) is 13.3. The molecule has 4 nitrogen and oxygen atoms in total. The number of benzene rings is 2. The van der Waals surface area contributed by atoms with Gasteiger partial charge >= 0.3 is 0 Å². The van der Waals surface area contributed by atoms with E-state index in [0.29, 0.717) is 30.4 Å². The molecule has 0 saturated carbocycles. The topological polar surface area (TPSA) is 51.2 Å². The summed E-state index contributed by atoms with van der Waals surface area (Å²) in [5.74, 6) is -0.628. The van der Waals surface area contributed by atoms with Crippen LogP contribution in [0.25, 0.3) is 10.9 Å². The van der Waals surface area contributed by atoms with Gasteiger partial charge in [-0.3, -0.25) is 9.78 Å². The zero-order valence-corrected chi connectivity index (χ0v) is 15.5. The molecule has 140 valence electrons. The predicted octanol–water partition coefficient (Wildman–Crippen LogP) is 4.14. The van der Waals surface area contributed by atoms with E-state index in [1.165, 1.54) is 12.3 Å². The highest BCUT2D eigenvalue weighted by Gasteiger charge is 2.27. The molecule has 27 heavy (non-hydrogen) atoms. The van der Waals surface area contributed by atoms with Gasteiger partial charge in [-0.25, -0.2) is 4.39 Å². The number of fused-ring (bicyclic) bond motifs is 1. The largest absolute Gasteiger partial charge is 0.385 e. The fraction of sp³-hybridized carbons (Fsp3) is 0.273. The van der Waals surface area contributed by atoms with Gasteiger partial charge in [0, 0.05) is 30.8 Å². The molecule has 0 aliphatic carbocycles. The van der Waals surface area contributed by atoms with Gasteiger partial charge in [-0.15, -0.1) is 0 Å². The lowest BCUT2D eigenvalue weighted by atomic mass is 9.89. The number of pyridine rings is 1. The molecule has 0 saturated heterocycles. The van der Waals surface area contributed by atoms with Crippen LogP contribution in [0.15, 0.2) is 60.8 Å².